The molecule has 1 aliphatic rings. The molecule has 0 saturated carbocycles. The van der Waals surface area contributed by atoms with E-state index in [0.29, 0.717) is 11.4 Å². The maximum Gasteiger partial charge on any atom is 0.327 e. The van der Waals surface area contributed by atoms with Gasteiger partial charge in [0.05, 0.1) is 10.6 Å². The molecule has 0 bridgehead atoms. The quantitative estimate of drug-likeness (QED) is 0.338. The van der Waals surface area contributed by atoms with Crippen LogP contribution in [0.3, 0.4) is 0 Å². The largest absolute Gasteiger partial charge is 0.478 e. The summed E-state index contributed by atoms with van der Waals surface area (Å²) in [5.41, 5.74) is 5.07. The van der Waals surface area contributed by atoms with E-state index in [-0.39, 0.29) is 28.0 Å². The van der Waals surface area contributed by atoms with Crippen molar-refractivity contribution in [1.29, 1.82) is 0 Å². The zero-order chi connectivity index (χ0) is 22.0. The fourth-order valence-electron chi connectivity index (χ4n) is 2.67. The number of aliphatic hydroxyl groups excluding tert-OH is 1. The number of non-ortho nitro benzene ring substituents is 1. The van der Waals surface area contributed by atoms with E-state index in [1.54, 1.807) is 5.38 Å². The number of anilines is 1. The van der Waals surface area contributed by atoms with Gasteiger partial charge in [-0.3, -0.25) is 14.9 Å². The first-order valence-electron chi connectivity index (χ1n) is 8.81. The monoisotopic (exact) mass is 438 g/mol. The molecule has 1 aliphatic heterocycles. The lowest BCUT2D eigenvalue weighted by atomic mass is 10.2. The summed E-state index contributed by atoms with van der Waals surface area (Å²) in [6.45, 7) is 1.96. The number of amides is 1. The molecule has 156 valence electrons. The number of aromatic nitrogens is 1. The predicted octanol–water partition coefficient (Wildman–Crippen LogP) is 4.42. The van der Waals surface area contributed by atoms with Crippen LogP contribution in [-0.4, -0.2) is 20.9 Å². The number of hydrogen-bond acceptors (Lipinski definition) is 10. The van der Waals surface area contributed by atoms with Crippen LogP contribution in [0.1, 0.15) is 21.6 Å². The molecular formula is C19H14N6O5S. The van der Waals surface area contributed by atoms with E-state index in [2.05, 4.69) is 20.8 Å². The van der Waals surface area contributed by atoms with Crippen molar-refractivity contribution in [2.75, 3.05) is 5.01 Å². The van der Waals surface area contributed by atoms with E-state index < -0.39 is 10.8 Å². The Balaban J connectivity index is 1.52. The minimum Gasteiger partial charge on any atom is -0.478 e. The molecule has 0 fully saturated rings. The van der Waals surface area contributed by atoms with Crippen molar-refractivity contribution in [1.82, 2.24) is 10.6 Å². The highest BCUT2D eigenvalue weighted by Crippen LogP contribution is 2.33. The van der Waals surface area contributed by atoms with Gasteiger partial charge in [-0.1, -0.05) is 23.3 Å². The van der Waals surface area contributed by atoms with E-state index in [1.165, 1.54) is 29.3 Å². The average molecular weight is 438 g/mol. The number of aliphatic hydroxyl groups is 1. The topological polar surface area (TPSA) is 143 Å². The van der Waals surface area contributed by atoms with Crippen LogP contribution in [0.25, 0.3) is 5.70 Å². The number of nitro groups is 1. The second kappa shape index (κ2) is 8.30. The van der Waals surface area contributed by atoms with Crippen molar-refractivity contribution >= 4 is 39.4 Å². The van der Waals surface area contributed by atoms with Crippen LogP contribution in [0.15, 0.2) is 70.1 Å². The first-order valence-corrected chi connectivity index (χ1v) is 9.69. The van der Waals surface area contributed by atoms with Crippen molar-refractivity contribution in [3.05, 3.63) is 86.8 Å². The van der Waals surface area contributed by atoms with Gasteiger partial charge in [0.25, 0.3) is 11.6 Å². The number of azo groups is 1. The molecule has 12 heteroatoms. The Morgan fingerprint density at radius 2 is 1.94 bits per heavy atom. The van der Waals surface area contributed by atoms with Gasteiger partial charge in [0, 0.05) is 23.1 Å². The third-order valence-corrected chi connectivity index (χ3v) is 4.96. The Morgan fingerprint density at radius 3 is 2.61 bits per heavy atom. The van der Waals surface area contributed by atoms with Crippen LogP contribution in [0, 0.1) is 17.0 Å². The molecule has 31 heavy (non-hydrogen) atoms. The summed E-state index contributed by atoms with van der Waals surface area (Å²) in [7, 11) is 0. The van der Waals surface area contributed by atoms with Gasteiger partial charge in [-0.15, -0.1) is 21.6 Å². The molecule has 0 atom stereocenters. The third-order valence-electron chi connectivity index (χ3n) is 4.24. The van der Waals surface area contributed by atoms with E-state index in [0.717, 1.165) is 16.9 Å². The first kappa shape index (κ1) is 20.1. The zero-order valence-corrected chi connectivity index (χ0v) is 16.7. The molecule has 0 radical (unpaired) electrons. The molecule has 3 aromatic rings. The Morgan fingerprint density at radius 1 is 1.23 bits per heavy atom. The number of hydrogen-bond donors (Lipinski definition) is 2. The molecule has 1 aromatic heterocycles. The highest BCUT2D eigenvalue weighted by atomic mass is 32.1. The van der Waals surface area contributed by atoms with E-state index in [1.807, 2.05) is 31.2 Å². The minimum atomic E-state index is -0.666. The Labute approximate surface area is 179 Å². The molecule has 0 spiro atoms. The van der Waals surface area contributed by atoms with Crippen molar-refractivity contribution in [2.45, 2.75) is 6.92 Å². The van der Waals surface area contributed by atoms with Gasteiger partial charge >= 0.3 is 5.95 Å². The lowest BCUT2D eigenvalue weighted by Crippen LogP contribution is -2.30. The van der Waals surface area contributed by atoms with Crippen LogP contribution in [0.4, 0.5) is 16.5 Å². The number of carbonyl (C=O) groups is 1. The maximum absolute atomic E-state index is 12.1. The minimum absolute atomic E-state index is 0.128. The smallest absolute Gasteiger partial charge is 0.327 e. The number of carbonyl (C=O) groups excluding carboxylic acids is 1. The molecule has 0 saturated heterocycles. The lowest BCUT2D eigenvalue weighted by Gasteiger charge is -2.17. The SMILES string of the molecule is Cc1ccc(N2NOC(O)=C2c2csc(N=NC(=O)c3ccc([N+](=O)[O-])cc3)n2)cc1. The van der Waals surface area contributed by atoms with Crippen LogP contribution in [-0.2, 0) is 4.84 Å². The van der Waals surface area contributed by atoms with Crippen molar-refractivity contribution in [3.8, 4) is 0 Å². The first-order chi connectivity index (χ1) is 14.9. The van der Waals surface area contributed by atoms with Crippen LogP contribution < -0.4 is 10.6 Å². The summed E-state index contributed by atoms with van der Waals surface area (Å²) in [4.78, 5) is 31.6. The van der Waals surface area contributed by atoms with Gasteiger partial charge in [-0.2, -0.15) is 0 Å². The molecule has 2 aromatic carbocycles. The normalized spacial score (nSPS) is 13.6. The molecular weight excluding hydrogens is 424 g/mol. The van der Waals surface area contributed by atoms with Gasteiger partial charge < -0.3 is 9.94 Å². The van der Waals surface area contributed by atoms with Gasteiger partial charge in [-0.05, 0) is 31.2 Å². The molecule has 2 heterocycles. The van der Waals surface area contributed by atoms with E-state index >= 15 is 0 Å². The second-order valence-corrected chi connectivity index (χ2v) is 7.18. The highest BCUT2D eigenvalue weighted by molar-refractivity contribution is 7.13. The van der Waals surface area contributed by atoms with Crippen molar-refractivity contribution < 1.29 is 19.7 Å². The van der Waals surface area contributed by atoms with Gasteiger partial charge in [-0.25, -0.2) is 9.99 Å². The summed E-state index contributed by atoms with van der Waals surface area (Å²) in [5.74, 6) is -1.03. The number of benzene rings is 2. The van der Waals surface area contributed by atoms with Crippen LogP contribution >= 0.6 is 11.3 Å². The average Bonchev–Trinajstić information content (AvgIpc) is 3.39. The molecule has 4 rings (SSSR count). The summed E-state index contributed by atoms with van der Waals surface area (Å²) >= 11 is 1.11. The number of nitrogens with zero attached hydrogens (tertiary/aromatic N) is 5. The van der Waals surface area contributed by atoms with Crippen molar-refractivity contribution in [2.24, 2.45) is 10.2 Å². The fraction of sp³-hybridized carbons (Fsp3) is 0.0526. The molecule has 2 N–H and O–H groups in total. The van der Waals surface area contributed by atoms with Gasteiger partial charge in [0.15, 0.2) is 5.70 Å². The summed E-state index contributed by atoms with van der Waals surface area (Å²) in [6.07, 6.45) is 0. The van der Waals surface area contributed by atoms with Gasteiger partial charge in [0.2, 0.25) is 5.13 Å². The van der Waals surface area contributed by atoms with E-state index in [4.69, 9.17) is 4.84 Å². The number of hydrazine groups is 1. The predicted molar refractivity (Wildman–Crippen MR) is 111 cm³/mol. The van der Waals surface area contributed by atoms with Crippen molar-refractivity contribution in [3.63, 3.8) is 0 Å². The standard InChI is InChI=1S/C19H14N6O5S/c1-11-2-6-13(7-3-11)24-16(18(27)30-23-24)15-10-31-19(20-15)22-21-17(26)12-4-8-14(9-5-12)25(28)29/h2-10,23,27H,1H3. The third kappa shape index (κ3) is 4.24. The van der Waals surface area contributed by atoms with Crippen LogP contribution in [0.2, 0.25) is 0 Å². The second-order valence-electron chi connectivity index (χ2n) is 6.34. The molecule has 0 unspecified atom stereocenters. The fourth-order valence-corrected chi connectivity index (χ4v) is 3.29. The maximum atomic E-state index is 12.1. The number of nitro benzene ring substituents is 1. The molecule has 1 amide bonds. The molecule has 11 nitrogen and oxygen atoms in total. The Bertz CT molecular complexity index is 1200. The lowest BCUT2D eigenvalue weighted by molar-refractivity contribution is -0.384. The number of nitrogens with one attached hydrogen (secondary N) is 1. The number of thiazole rings is 1. The zero-order valence-electron chi connectivity index (χ0n) is 15.9. The molecule has 0 aliphatic carbocycles. The number of rotatable bonds is 5. The van der Waals surface area contributed by atoms with Crippen LogP contribution in [0.5, 0.6) is 0 Å². The summed E-state index contributed by atoms with van der Waals surface area (Å²) < 4.78 is 0. The highest BCUT2D eigenvalue weighted by Gasteiger charge is 2.29. The van der Waals surface area contributed by atoms with E-state index in [9.17, 15) is 20.0 Å². The Hall–Kier alpha value is -4.16. The van der Waals surface area contributed by atoms with Gasteiger partial charge in [0.1, 0.15) is 5.69 Å². The summed E-state index contributed by atoms with van der Waals surface area (Å²) in [5, 5.41) is 31.6. The number of aryl methyl sites for hydroxylation is 1. The Kier molecular flexibility index (Phi) is 5.39. The summed E-state index contributed by atoms with van der Waals surface area (Å²) in [6, 6.07) is 12.6.